The summed E-state index contributed by atoms with van der Waals surface area (Å²) in [5, 5.41) is 9.31. The second-order valence-corrected chi connectivity index (χ2v) is 3.24. The number of aliphatic hydroxyl groups is 1. The molecule has 0 heterocycles. The highest BCUT2D eigenvalue weighted by Crippen LogP contribution is 2.08. The van der Waals surface area contributed by atoms with E-state index < -0.39 is 17.7 Å². The van der Waals surface area contributed by atoms with Gasteiger partial charge in [-0.2, -0.15) is 0 Å². The van der Waals surface area contributed by atoms with E-state index in [1.807, 2.05) is 0 Å². The maximum absolute atomic E-state index is 12.5. The number of aliphatic hydroxyl groups excluding tert-OH is 1. The van der Waals surface area contributed by atoms with Crippen molar-refractivity contribution in [3.8, 4) is 0 Å². The van der Waals surface area contributed by atoms with E-state index in [2.05, 4.69) is 0 Å². The number of carbonyl (C=O) groups excluding carboxylic acids is 1. The van der Waals surface area contributed by atoms with Crippen molar-refractivity contribution in [2.24, 2.45) is 0 Å². The fourth-order valence-electron chi connectivity index (χ4n) is 1.04. The van der Waals surface area contributed by atoms with Crippen molar-refractivity contribution in [3.05, 3.63) is 35.6 Å². The van der Waals surface area contributed by atoms with Crippen molar-refractivity contribution in [2.45, 2.75) is 12.5 Å². The average Bonchev–Trinajstić information content (AvgIpc) is 2.18. The second kappa shape index (κ2) is 5.08. The minimum absolute atomic E-state index is 0.206. The highest BCUT2D eigenvalue weighted by molar-refractivity contribution is 6.18. The number of halogens is 2. The third-order valence-corrected chi connectivity index (χ3v) is 2.03. The van der Waals surface area contributed by atoms with E-state index in [0.717, 1.165) is 0 Å². The van der Waals surface area contributed by atoms with Gasteiger partial charge in [0, 0.05) is 11.4 Å². The summed E-state index contributed by atoms with van der Waals surface area (Å²) in [6, 6.07) is 5.05. The number of ketones is 1. The zero-order valence-electron chi connectivity index (χ0n) is 7.41. The third-order valence-electron chi connectivity index (χ3n) is 1.81. The standard InChI is InChI=1S/C10H10ClFO2/c11-6-5-9(13)10(14)7-1-3-8(12)4-2-7/h1-4,9,13H,5-6H2. The van der Waals surface area contributed by atoms with Crippen molar-refractivity contribution in [2.75, 3.05) is 5.88 Å². The normalized spacial score (nSPS) is 12.5. The number of hydrogen-bond donors (Lipinski definition) is 1. The number of benzene rings is 1. The molecule has 14 heavy (non-hydrogen) atoms. The van der Waals surface area contributed by atoms with E-state index in [-0.39, 0.29) is 12.3 Å². The molecular formula is C10H10ClFO2. The zero-order valence-corrected chi connectivity index (χ0v) is 8.17. The summed E-state index contributed by atoms with van der Waals surface area (Å²) in [5.41, 5.74) is 0.295. The molecule has 0 radical (unpaired) electrons. The molecule has 0 saturated heterocycles. The molecule has 1 rings (SSSR count). The zero-order chi connectivity index (χ0) is 10.6. The Bertz CT molecular complexity index is 310. The van der Waals surface area contributed by atoms with E-state index in [1.165, 1.54) is 24.3 Å². The topological polar surface area (TPSA) is 37.3 Å². The molecule has 1 aromatic carbocycles. The van der Waals surface area contributed by atoms with Crippen molar-refractivity contribution < 1.29 is 14.3 Å². The first kappa shape index (κ1) is 11.1. The van der Waals surface area contributed by atoms with Gasteiger partial charge in [0.2, 0.25) is 0 Å². The van der Waals surface area contributed by atoms with E-state index in [4.69, 9.17) is 11.6 Å². The molecule has 76 valence electrons. The van der Waals surface area contributed by atoms with E-state index in [9.17, 15) is 14.3 Å². The van der Waals surface area contributed by atoms with E-state index in [1.54, 1.807) is 0 Å². The fourth-order valence-corrected chi connectivity index (χ4v) is 1.25. The van der Waals surface area contributed by atoms with Gasteiger partial charge in [0.25, 0.3) is 0 Å². The van der Waals surface area contributed by atoms with Crippen LogP contribution in [-0.4, -0.2) is 22.9 Å². The molecule has 0 spiro atoms. The minimum Gasteiger partial charge on any atom is -0.385 e. The van der Waals surface area contributed by atoms with Crippen LogP contribution in [0.4, 0.5) is 4.39 Å². The molecule has 0 aromatic heterocycles. The van der Waals surface area contributed by atoms with Crippen LogP contribution in [0.1, 0.15) is 16.8 Å². The van der Waals surface area contributed by atoms with Crippen LogP contribution in [0.2, 0.25) is 0 Å². The number of carbonyl (C=O) groups is 1. The van der Waals surface area contributed by atoms with Crippen LogP contribution in [0.15, 0.2) is 24.3 Å². The molecule has 0 bridgehead atoms. The van der Waals surface area contributed by atoms with Gasteiger partial charge in [-0.25, -0.2) is 4.39 Å². The molecule has 4 heteroatoms. The lowest BCUT2D eigenvalue weighted by Gasteiger charge is -2.06. The van der Waals surface area contributed by atoms with Gasteiger partial charge < -0.3 is 5.11 Å². The molecule has 0 aliphatic heterocycles. The summed E-state index contributed by atoms with van der Waals surface area (Å²) < 4.78 is 12.5. The second-order valence-electron chi connectivity index (χ2n) is 2.86. The van der Waals surface area contributed by atoms with Crippen LogP contribution in [0.3, 0.4) is 0 Å². The lowest BCUT2D eigenvalue weighted by atomic mass is 10.0. The Morgan fingerprint density at radius 1 is 1.43 bits per heavy atom. The van der Waals surface area contributed by atoms with Gasteiger partial charge in [0.15, 0.2) is 5.78 Å². The summed E-state index contributed by atoms with van der Waals surface area (Å²) in [4.78, 5) is 11.4. The maximum atomic E-state index is 12.5. The highest BCUT2D eigenvalue weighted by Gasteiger charge is 2.15. The first-order valence-electron chi connectivity index (χ1n) is 4.19. The van der Waals surface area contributed by atoms with Gasteiger partial charge in [-0.05, 0) is 30.7 Å². The van der Waals surface area contributed by atoms with Crippen molar-refractivity contribution in [3.63, 3.8) is 0 Å². The van der Waals surface area contributed by atoms with E-state index >= 15 is 0 Å². The third kappa shape index (κ3) is 2.79. The smallest absolute Gasteiger partial charge is 0.191 e. The quantitative estimate of drug-likeness (QED) is 0.618. The first-order chi connectivity index (χ1) is 6.65. The van der Waals surface area contributed by atoms with Crippen LogP contribution in [0.5, 0.6) is 0 Å². The molecule has 1 atom stereocenters. The Labute approximate surface area is 86.3 Å². The Balaban J connectivity index is 2.74. The highest BCUT2D eigenvalue weighted by atomic mass is 35.5. The average molecular weight is 217 g/mol. The molecule has 0 aliphatic rings. The molecule has 1 N–H and O–H groups in total. The molecular weight excluding hydrogens is 207 g/mol. The monoisotopic (exact) mass is 216 g/mol. The summed E-state index contributed by atoms with van der Waals surface area (Å²) in [7, 11) is 0. The van der Waals surface area contributed by atoms with Crippen molar-refractivity contribution in [1.82, 2.24) is 0 Å². The van der Waals surface area contributed by atoms with Crippen LogP contribution in [-0.2, 0) is 0 Å². The number of hydrogen-bond acceptors (Lipinski definition) is 2. The lowest BCUT2D eigenvalue weighted by molar-refractivity contribution is 0.0742. The van der Waals surface area contributed by atoms with Gasteiger partial charge in [-0.3, -0.25) is 4.79 Å². The summed E-state index contributed by atoms with van der Waals surface area (Å²) in [5.74, 6) is -0.618. The Hall–Kier alpha value is -0.930. The van der Waals surface area contributed by atoms with Gasteiger partial charge in [0.05, 0.1) is 0 Å². The molecule has 0 aliphatic carbocycles. The first-order valence-corrected chi connectivity index (χ1v) is 4.72. The number of alkyl halides is 1. The maximum Gasteiger partial charge on any atom is 0.191 e. The molecule has 0 saturated carbocycles. The SMILES string of the molecule is O=C(c1ccc(F)cc1)C(O)CCCl. The number of rotatable bonds is 4. The number of Topliss-reactive ketones (excluding diaryl/α,β-unsaturated/α-hetero) is 1. The van der Waals surface area contributed by atoms with Crippen LogP contribution >= 0.6 is 11.6 Å². The summed E-state index contributed by atoms with van der Waals surface area (Å²) >= 11 is 5.38. The Morgan fingerprint density at radius 2 is 2.00 bits per heavy atom. The fraction of sp³-hybridized carbons (Fsp3) is 0.300. The van der Waals surface area contributed by atoms with Gasteiger partial charge in [-0.15, -0.1) is 11.6 Å². The van der Waals surface area contributed by atoms with Crippen LogP contribution in [0.25, 0.3) is 0 Å². The molecule has 2 nitrogen and oxygen atoms in total. The van der Waals surface area contributed by atoms with Gasteiger partial charge >= 0.3 is 0 Å². The largest absolute Gasteiger partial charge is 0.385 e. The van der Waals surface area contributed by atoms with E-state index in [0.29, 0.717) is 5.56 Å². The van der Waals surface area contributed by atoms with Crippen molar-refractivity contribution >= 4 is 17.4 Å². The Morgan fingerprint density at radius 3 is 2.50 bits per heavy atom. The van der Waals surface area contributed by atoms with Crippen LogP contribution in [0, 0.1) is 5.82 Å². The molecule has 1 unspecified atom stereocenters. The molecule has 0 amide bonds. The van der Waals surface area contributed by atoms with Gasteiger partial charge in [0.1, 0.15) is 11.9 Å². The lowest BCUT2D eigenvalue weighted by Crippen LogP contribution is -2.20. The Kier molecular flexibility index (Phi) is 4.04. The van der Waals surface area contributed by atoms with Crippen LogP contribution < -0.4 is 0 Å². The summed E-state index contributed by atoms with van der Waals surface area (Å²) in [6.07, 6.45) is -0.893. The van der Waals surface area contributed by atoms with Crippen molar-refractivity contribution in [1.29, 1.82) is 0 Å². The van der Waals surface area contributed by atoms with Gasteiger partial charge in [-0.1, -0.05) is 0 Å². The predicted octanol–water partition coefficient (Wildman–Crippen LogP) is 2.00. The summed E-state index contributed by atoms with van der Waals surface area (Å²) in [6.45, 7) is 0. The molecule has 0 fully saturated rings. The molecule has 1 aromatic rings. The predicted molar refractivity (Wildman–Crippen MR) is 52.1 cm³/mol. The minimum atomic E-state index is -1.10.